The van der Waals surface area contributed by atoms with Crippen molar-refractivity contribution in [2.45, 2.75) is 20.5 Å². The van der Waals surface area contributed by atoms with Gasteiger partial charge in [-0.2, -0.15) is 5.10 Å². The highest BCUT2D eigenvalue weighted by Crippen LogP contribution is 2.27. The number of halogens is 4. The summed E-state index contributed by atoms with van der Waals surface area (Å²) in [5, 5.41) is 5.71. The van der Waals surface area contributed by atoms with Gasteiger partial charge in [-0.25, -0.2) is 5.43 Å². The average Bonchev–Trinajstić information content (AvgIpc) is 2.72. The predicted octanol–water partition coefficient (Wildman–Crippen LogP) is 7.26. The zero-order chi connectivity index (χ0) is 22.5. The van der Waals surface area contributed by atoms with Crippen molar-refractivity contribution in [3.63, 3.8) is 0 Å². The summed E-state index contributed by atoms with van der Waals surface area (Å²) >= 11 is 23.8. The Morgan fingerprint density at radius 1 is 0.903 bits per heavy atom. The summed E-state index contributed by atoms with van der Waals surface area (Å²) in [6, 6.07) is 13.9. The van der Waals surface area contributed by atoms with Gasteiger partial charge in [-0.1, -0.05) is 52.5 Å². The van der Waals surface area contributed by atoms with E-state index in [9.17, 15) is 4.79 Å². The molecule has 0 aliphatic heterocycles. The molecule has 0 radical (unpaired) electrons. The van der Waals surface area contributed by atoms with Gasteiger partial charge < -0.3 is 4.74 Å². The van der Waals surface area contributed by atoms with Crippen molar-refractivity contribution in [3.05, 3.63) is 96.4 Å². The number of rotatable bonds is 6. The van der Waals surface area contributed by atoms with Gasteiger partial charge in [-0.15, -0.1) is 0 Å². The lowest BCUT2D eigenvalue weighted by atomic mass is 10.1. The third-order valence-electron chi connectivity index (χ3n) is 4.41. The number of amides is 1. The Labute approximate surface area is 200 Å². The van der Waals surface area contributed by atoms with Gasteiger partial charge in [0.15, 0.2) is 0 Å². The Morgan fingerprint density at radius 2 is 1.52 bits per heavy atom. The Kier molecular flexibility index (Phi) is 7.84. The van der Waals surface area contributed by atoms with E-state index in [0.717, 1.165) is 28.0 Å². The zero-order valence-electron chi connectivity index (χ0n) is 16.7. The molecule has 0 aromatic heterocycles. The molecule has 0 aliphatic rings. The largest absolute Gasteiger partial charge is 0.488 e. The molecule has 1 N–H and O–H groups in total. The average molecular weight is 496 g/mol. The smallest absolute Gasteiger partial charge is 0.271 e. The second-order valence-electron chi connectivity index (χ2n) is 6.85. The molecule has 0 unspecified atom stereocenters. The molecule has 8 heteroatoms. The summed E-state index contributed by atoms with van der Waals surface area (Å²) in [6.45, 7) is 4.26. The van der Waals surface area contributed by atoms with Crippen molar-refractivity contribution in [3.8, 4) is 5.75 Å². The van der Waals surface area contributed by atoms with Crippen molar-refractivity contribution in [1.82, 2.24) is 5.43 Å². The van der Waals surface area contributed by atoms with Gasteiger partial charge in [-0.3, -0.25) is 4.79 Å². The number of carbonyl (C=O) groups is 1. The quantitative estimate of drug-likeness (QED) is 0.289. The molecular formula is C23H18Cl4N2O2. The number of hydrogen-bond donors (Lipinski definition) is 1. The molecule has 3 aromatic rings. The van der Waals surface area contributed by atoms with Gasteiger partial charge in [0.1, 0.15) is 12.4 Å². The number of aryl methyl sites for hydroxylation is 2. The maximum Gasteiger partial charge on any atom is 0.271 e. The topological polar surface area (TPSA) is 50.7 Å². The fourth-order valence-corrected chi connectivity index (χ4v) is 3.56. The summed E-state index contributed by atoms with van der Waals surface area (Å²) in [5.41, 5.74) is 6.47. The molecule has 3 aromatic carbocycles. The van der Waals surface area contributed by atoms with Gasteiger partial charge in [0, 0.05) is 5.56 Å². The lowest BCUT2D eigenvalue weighted by molar-refractivity contribution is 0.0955. The van der Waals surface area contributed by atoms with Crippen LogP contribution in [0.5, 0.6) is 5.75 Å². The Morgan fingerprint density at radius 3 is 2.13 bits per heavy atom. The monoisotopic (exact) mass is 494 g/mol. The number of carbonyl (C=O) groups excluding carboxylic acids is 1. The summed E-state index contributed by atoms with van der Waals surface area (Å²) in [6.07, 6.45) is 1.57. The number of ether oxygens (including phenoxy) is 1. The molecule has 3 rings (SSSR count). The Hall–Kier alpha value is -2.24. The van der Waals surface area contributed by atoms with E-state index in [4.69, 9.17) is 51.1 Å². The van der Waals surface area contributed by atoms with Crippen LogP contribution in [0.1, 0.15) is 32.6 Å². The van der Waals surface area contributed by atoms with E-state index in [1.807, 2.05) is 32.0 Å². The second-order valence-corrected chi connectivity index (χ2v) is 8.48. The van der Waals surface area contributed by atoms with E-state index in [2.05, 4.69) is 10.5 Å². The van der Waals surface area contributed by atoms with Gasteiger partial charge in [0.25, 0.3) is 5.91 Å². The highest BCUT2D eigenvalue weighted by Gasteiger charge is 2.09. The maximum absolute atomic E-state index is 12.2. The SMILES string of the molecule is Cc1cc(/C=N\NC(=O)c2ccc(Cl)c(Cl)c2)cc(C)c1OCc1ccc(Cl)c(Cl)c1. The first kappa shape index (κ1) is 23.4. The molecule has 0 saturated heterocycles. The molecule has 4 nitrogen and oxygen atoms in total. The summed E-state index contributed by atoms with van der Waals surface area (Å²) in [5.74, 6) is 0.396. The summed E-state index contributed by atoms with van der Waals surface area (Å²) in [4.78, 5) is 12.2. The molecule has 0 fully saturated rings. The lowest BCUT2D eigenvalue weighted by Crippen LogP contribution is -2.17. The number of nitrogens with one attached hydrogen (secondary N) is 1. The summed E-state index contributed by atoms with van der Waals surface area (Å²) in [7, 11) is 0. The maximum atomic E-state index is 12.2. The van der Waals surface area contributed by atoms with E-state index in [1.165, 1.54) is 6.07 Å². The molecule has 0 aliphatic carbocycles. The summed E-state index contributed by atoms with van der Waals surface area (Å²) < 4.78 is 5.99. The molecular weight excluding hydrogens is 478 g/mol. The molecule has 0 saturated carbocycles. The van der Waals surface area contributed by atoms with Crippen LogP contribution in [-0.4, -0.2) is 12.1 Å². The van der Waals surface area contributed by atoms with Crippen LogP contribution >= 0.6 is 46.4 Å². The van der Waals surface area contributed by atoms with E-state index in [0.29, 0.717) is 32.3 Å². The normalized spacial score (nSPS) is 11.0. The van der Waals surface area contributed by atoms with Crippen LogP contribution in [0.3, 0.4) is 0 Å². The van der Waals surface area contributed by atoms with Crippen LogP contribution in [0.2, 0.25) is 20.1 Å². The third kappa shape index (κ3) is 6.14. The van der Waals surface area contributed by atoms with E-state index in [1.54, 1.807) is 30.5 Å². The minimum Gasteiger partial charge on any atom is -0.488 e. The van der Waals surface area contributed by atoms with E-state index >= 15 is 0 Å². The van der Waals surface area contributed by atoms with Gasteiger partial charge in [-0.05, 0) is 78.6 Å². The first-order valence-corrected chi connectivity index (χ1v) is 10.7. The molecule has 0 spiro atoms. The van der Waals surface area contributed by atoms with Crippen LogP contribution in [-0.2, 0) is 6.61 Å². The van der Waals surface area contributed by atoms with Crippen molar-refractivity contribution in [1.29, 1.82) is 0 Å². The molecule has 0 bridgehead atoms. The van der Waals surface area contributed by atoms with Crippen LogP contribution in [0.4, 0.5) is 0 Å². The molecule has 160 valence electrons. The van der Waals surface area contributed by atoms with Crippen LogP contribution < -0.4 is 10.2 Å². The van der Waals surface area contributed by atoms with Crippen molar-refractivity contribution >= 4 is 58.5 Å². The number of hydrazone groups is 1. The highest BCUT2D eigenvalue weighted by atomic mass is 35.5. The minimum absolute atomic E-state index is 0.306. The second kappa shape index (κ2) is 10.4. The van der Waals surface area contributed by atoms with Crippen LogP contribution in [0.15, 0.2) is 53.6 Å². The van der Waals surface area contributed by atoms with Crippen LogP contribution in [0, 0.1) is 13.8 Å². The molecule has 0 atom stereocenters. The van der Waals surface area contributed by atoms with Crippen molar-refractivity contribution < 1.29 is 9.53 Å². The Balaban J connectivity index is 1.65. The predicted molar refractivity (Wildman–Crippen MR) is 128 cm³/mol. The van der Waals surface area contributed by atoms with Gasteiger partial charge >= 0.3 is 0 Å². The highest BCUT2D eigenvalue weighted by molar-refractivity contribution is 6.42. The van der Waals surface area contributed by atoms with Crippen LogP contribution in [0.25, 0.3) is 0 Å². The fourth-order valence-electron chi connectivity index (χ4n) is 2.94. The van der Waals surface area contributed by atoms with Gasteiger partial charge in [0.2, 0.25) is 0 Å². The van der Waals surface area contributed by atoms with Crippen molar-refractivity contribution in [2.24, 2.45) is 5.10 Å². The third-order valence-corrected chi connectivity index (χ3v) is 5.89. The van der Waals surface area contributed by atoms with E-state index < -0.39 is 0 Å². The standard InChI is InChI=1S/C23H18Cl4N2O2/c1-13-7-16(11-28-29-23(30)17-4-6-19(25)21(27)10-17)8-14(2)22(13)31-12-15-3-5-18(24)20(26)9-15/h3-11H,12H2,1-2H3,(H,29,30)/b28-11-. The van der Waals surface area contributed by atoms with Gasteiger partial charge in [0.05, 0.1) is 26.3 Å². The van der Waals surface area contributed by atoms with E-state index in [-0.39, 0.29) is 5.91 Å². The lowest BCUT2D eigenvalue weighted by Gasteiger charge is -2.13. The fraction of sp³-hybridized carbons (Fsp3) is 0.130. The number of nitrogens with zero attached hydrogens (tertiary/aromatic N) is 1. The minimum atomic E-state index is -0.384. The molecule has 0 heterocycles. The zero-order valence-corrected chi connectivity index (χ0v) is 19.7. The Bertz CT molecular complexity index is 1140. The number of benzene rings is 3. The molecule has 1 amide bonds. The number of hydrogen-bond acceptors (Lipinski definition) is 3. The molecule has 31 heavy (non-hydrogen) atoms. The first-order valence-electron chi connectivity index (χ1n) is 9.21. The van der Waals surface area contributed by atoms with Crippen molar-refractivity contribution in [2.75, 3.05) is 0 Å². The first-order chi connectivity index (χ1) is 14.7.